The molecule has 1 amide bonds. The smallest absolute Gasteiger partial charge is 0.341 e. The first-order valence-corrected chi connectivity index (χ1v) is 10.4. The fourth-order valence-corrected chi connectivity index (χ4v) is 3.15. The number of carbonyl (C=O) groups excluding carboxylic acids is 2. The van der Waals surface area contributed by atoms with Gasteiger partial charge in [-0.15, -0.1) is 0 Å². The fourth-order valence-electron chi connectivity index (χ4n) is 3.15. The van der Waals surface area contributed by atoms with Crippen LogP contribution in [-0.2, 0) is 9.53 Å². The summed E-state index contributed by atoms with van der Waals surface area (Å²) in [6.45, 7) is 6.81. The lowest BCUT2D eigenvalue weighted by Gasteiger charge is -2.35. The largest absolute Gasteiger partial charge is 0.462 e. The van der Waals surface area contributed by atoms with Crippen molar-refractivity contribution in [2.75, 3.05) is 46.9 Å². The van der Waals surface area contributed by atoms with Crippen LogP contribution < -0.4 is 5.32 Å². The van der Waals surface area contributed by atoms with Gasteiger partial charge in [0.2, 0.25) is 5.91 Å². The molecule has 1 aliphatic rings. The number of aliphatic imine (C=N–C) groups is 1. The maximum atomic E-state index is 12.0. The first-order chi connectivity index (χ1) is 14.0. The number of esters is 1. The van der Waals surface area contributed by atoms with E-state index in [9.17, 15) is 9.59 Å². The van der Waals surface area contributed by atoms with Crippen LogP contribution in [-0.4, -0.2) is 84.3 Å². The third-order valence-electron chi connectivity index (χ3n) is 4.86. The number of nitrogens with one attached hydrogen (secondary N) is 1. The summed E-state index contributed by atoms with van der Waals surface area (Å²) in [7, 11) is 3.47. The Bertz CT molecular complexity index is 700. The Morgan fingerprint density at radius 2 is 2.17 bits per heavy atom. The minimum absolute atomic E-state index is 0.0282. The van der Waals surface area contributed by atoms with Crippen LogP contribution in [0.25, 0.3) is 0 Å². The molecule has 1 saturated heterocycles. The number of unbranched alkanes of at least 4 members (excludes halogenated alkanes) is 1. The summed E-state index contributed by atoms with van der Waals surface area (Å²) < 4.78 is 6.89. The van der Waals surface area contributed by atoms with E-state index in [1.165, 1.54) is 0 Å². The Labute approximate surface area is 173 Å². The fraction of sp³-hybridized carbons (Fsp3) is 0.700. The number of carbonyl (C=O) groups is 2. The maximum absolute atomic E-state index is 12.0. The molecule has 1 fully saturated rings. The molecule has 0 aromatic carbocycles. The summed E-state index contributed by atoms with van der Waals surface area (Å²) in [5.41, 5.74) is 0.468. The van der Waals surface area contributed by atoms with Crippen molar-refractivity contribution in [1.82, 2.24) is 24.9 Å². The van der Waals surface area contributed by atoms with Crippen LogP contribution in [0.3, 0.4) is 0 Å². The number of hydrogen-bond donors (Lipinski definition) is 1. The first-order valence-electron chi connectivity index (χ1n) is 10.4. The third kappa shape index (κ3) is 6.76. The molecular weight excluding hydrogens is 372 g/mol. The van der Waals surface area contributed by atoms with Crippen molar-refractivity contribution in [2.24, 2.45) is 4.99 Å². The molecule has 1 aromatic heterocycles. The van der Waals surface area contributed by atoms with Crippen molar-refractivity contribution in [1.29, 1.82) is 0 Å². The summed E-state index contributed by atoms with van der Waals surface area (Å²) in [4.78, 5) is 32.2. The van der Waals surface area contributed by atoms with E-state index in [4.69, 9.17) is 4.74 Å². The molecule has 9 heteroatoms. The number of guanidine groups is 1. The molecule has 0 spiro atoms. The molecule has 0 radical (unpaired) electrons. The van der Waals surface area contributed by atoms with Gasteiger partial charge in [-0.1, -0.05) is 13.3 Å². The standard InChI is InChI=1S/C20H34N6O3/c1-5-7-10-21-20(22-13-18(27)24(3)4)25-11-8-9-17(15-25)26-14-16(12-23-26)19(28)29-6-2/h12,14,17H,5-11,13,15H2,1-4H3,(H,21,22). The molecule has 1 aromatic rings. The van der Waals surface area contributed by atoms with Crippen molar-refractivity contribution in [3.05, 3.63) is 18.0 Å². The molecule has 1 unspecified atom stereocenters. The van der Waals surface area contributed by atoms with Gasteiger partial charge in [0, 0.05) is 39.9 Å². The van der Waals surface area contributed by atoms with Crippen LogP contribution in [0.5, 0.6) is 0 Å². The molecule has 0 aliphatic carbocycles. The highest BCUT2D eigenvalue weighted by Gasteiger charge is 2.25. The number of amides is 1. The lowest BCUT2D eigenvalue weighted by Crippen LogP contribution is -2.47. The Hall–Kier alpha value is -2.58. The topological polar surface area (TPSA) is 92.1 Å². The van der Waals surface area contributed by atoms with E-state index in [0.29, 0.717) is 12.2 Å². The highest BCUT2D eigenvalue weighted by atomic mass is 16.5. The number of ether oxygens (including phenoxy) is 1. The van der Waals surface area contributed by atoms with E-state index in [0.717, 1.165) is 51.3 Å². The summed E-state index contributed by atoms with van der Waals surface area (Å²) in [5, 5.41) is 7.78. The van der Waals surface area contributed by atoms with Crippen molar-refractivity contribution >= 4 is 17.8 Å². The Morgan fingerprint density at radius 1 is 1.38 bits per heavy atom. The van der Waals surface area contributed by atoms with E-state index in [1.807, 2.05) is 4.68 Å². The second kappa shape index (κ2) is 11.4. The summed E-state index contributed by atoms with van der Waals surface area (Å²) in [5.74, 6) is 0.382. The Balaban J connectivity index is 2.08. The van der Waals surface area contributed by atoms with Gasteiger partial charge in [0.1, 0.15) is 6.54 Å². The molecule has 0 saturated carbocycles. The van der Waals surface area contributed by atoms with Crippen LogP contribution in [0.2, 0.25) is 0 Å². The average molecular weight is 407 g/mol. The predicted molar refractivity (Wildman–Crippen MR) is 112 cm³/mol. The molecule has 2 rings (SSSR count). The second-order valence-electron chi connectivity index (χ2n) is 7.38. The number of likely N-dealkylation sites (tertiary alicyclic amines) is 1. The number of aromatic nitrogens is 2. The molecule has 29 heavy (non-hydrogen) atoms. The lowest BCUT2D eigenvalue weighted by molar-refractivity contribution is -0.127. The number of piperidine rings is 1. The molecule has 9 nitrogen and oxygen atoms in total. The van der Waals surface area contributed by atoms with E-state index in [1.54, 1.807) is 38.3 Å². The second-order valence-corrected chi connectivity index (χ2v) is 7.38. The highest BCUT2D eigenvalue weighted by Crippen LogP contribution is 2.21. The molecule has 1 atom stereocenters. The normalized spacial score (nSPS) is 17.2. The third-order valence-corrected chi connectivity index (χ3v) is 4.86. The molecule has 162 valence electrons. The van der Waals surface area contributed by atoms with E-state index >= 15 is 0 Å². The summed E-state index contributed by atoms with van der Waals surface area (Å²) >= 11 is 0. The molecule has 1 N–H and O–H groups in total. The SMILES string of the molecule is CCCCNC(=NCC(=O)N(C)C)N1CCCC(n2cc(C(=O)OCC)cn2)C1. The Kier molecular flexibility index (Phi) is 8.95. The van der Waals surface area contributed by atoms with Gasteiger partial charge in [-0.05, 0) is 26.2 Å². The van der Waals surface area contributed by atoms with E-state index in [-0.39, 0.29) is 24.5 Å². The summed E-state index contributed by atoms with van der Waals surface area (Å²) in [6.07, 6.45) is 7.39. The predicted octanol–water partition coefficient (Wildman–Crippen LogP) is 1.53. The highest BCUT2D eigenvalue weighted by molar-refractivity contribution is 5.88. The minimum atomic E-state index is -0.350. The van der Waals surface area contributed by atoms with Gasteiger partial charge < -0.3 is 19.9 Å². The zero-order chi connectivity index (χ0) is 21.2. The quantitative estimate of drug-likeness (QED) is 0.305. The van der Waals surface area contributed by atoms with E-state index in [2.05, 4.69) is 27.2 Å². The zero-order valence-electron chi connectivity index (χ0n) is 18.1. The van der Waals surface area contributed by atoms with Crippen molar-refractivity contribution < 1.29 is 14.3 Å². The van der Waals surface area contributed by atoms with Gasteiger partial charge in [-0.3, -0.25) is 9.48 Å². The minimum Gasteiger partial charge on any atom is -0.462 e. The molecule has 2 heterocycles. The Morgan fingerprint density at radius 3 is 2.86 bits per heavy atom. The van der Waals surface area contributed by atoms with Gasteiger partial charge in [-0.2, -0.15) is 5.10 Å². The number of nitrogens with zero attached hydrogens (tertiary/aromatic N) is 5. The first kappa shape index (κ1) is 22.7. The number of hydrogen-bond acceptors (Lipinski definition) is 5. The van der Waals surface area contributed by atoms with Gasteiger partial charge >= 0.3 is 5.97 Å². The summed E-state index contributed by atoms with van der Waals surface area (Å²) in [6, 6.07) is 0.134. The van der Waals surface area contributed by atoms with Crippen molar-refractivity contribution in [3.63, 3.8) is 0 Å². The number of rotatable bonds is 8. The molecule has 0 bridgehead atoms. The van der Waals surface area contributed by atoms with Crippen LogP contribution in [0, 0.1) is 0 Å². The van der Waals surface area contributed by atoms with Gasteiger partial charge in [0.25, 0.3) is 0 Å². The van der Waals surface area contributed by atoms with Gasteiger partial charge in [0.05, 0.1) is 24.4 Å². The molecular formula is C20H34N6O3. The lowest BCUT2D eigenvalue weighted by atomic mass is 10.1. The zero-order valence-corrected chi connectivity index (χ0v) is 18.1. The average Bonchev–Trinajstić information content (AvgIpc) is 3.21. The van der Waals surface area contributed by atoms with Crippen LogP contribution in [0.1, 0.15) is 55.9 Å². The maximum Gasteiger partial charge on any atom is 0.341 e. The molecule has 1 aliphatic heterocycles. The van der Waals surface area contributed by atoms with E-state index < -0.39 is 0 Å². The van der Waals surface area contributed by atoms with Crippen molar-refractivity contribution in [3.8, 4) is 0 Å². The van der Waals surface area contributed by atoms with Crippen LogP contribution in [0.4, 0.5) is 0 Å². The monoisotopic (exact) mass is 406 g/mol. The van der Waals surface area contributed by atoms with Crippen molar-refractivity contribution in [2.45, 2.75) is 45.6 Å². The number of likely N-dealkylation sites (N-methyl/N-ethyl adjacent to an activating group) is 1. The van der Waals surface area contributed by atoms with Gasteiger partial charge in [-0.25, -0.2) is 9.79 Å². The van der Waals surface area contributed by atoms with Crippen LogP contribution >= 0.6 is 0 Å². The van der Waals surface area contributed by atoms with Gasteiger partial charge in [0.15, 0.2) is 5.96 Å². The van der Waals surface area contributed by atoms with Crippen LogP contribution in [0.15, 0.2) is 17.4 Å².